The van der Waals surface area contributed by atoms with Gasteiger partial charge in [-0.1, -0.05) is 30.3 Å². The first-order valence-corrected chi connectivity index (χ1v) is 8.66. The van der Waals surface area contributed by atoms with Crippen LogP contribution in [0.4, 0.5) is 4.39 Å². The molecule has 0 aliphatic heterocycles. The van der Waals surface area contributed by atoms with E-state index in [4.69, 9.17) is 4.42 Å². The average Bonchev–Trinajstić information content (AvgIpc) is 3.32. The molecule has 0 aliphatic carbocycles. The fourth-order valence-corrected chi connectivity index (χ4v) is 3.13. The molecule has 0 saturated heterocycles. The number of amides is 1. The number of imidazole rings is 1. The molecule has 0 radical (unpaired) electrons. The lowest BCUT2D eigenvalue weighted by molar-refractivity contribution is 0.0909. The predicted octanol–water partition coefficient (Wildman–Crippen LogP) is 4.31. The highest BCUT2D eigenvalue weighted by Crippen LogP contribution is 2.23. The molecule has 0 saturated carbocycles. The van der Waals surface area contributed by atoms with E-state index < -0.39 is 0 Å². The Labute approximate surface area is 155 Å². The van der Waals surface area contributed by atoms with Crippen molar-refractivity contribution in [2.24, 2.45) is 0 Å². The van der Waals surface area contributed by atoms with Gasteiger partial charge in [0, 0.05) is 5.56 Å². The summed E-state index contributed by atoms with van der Waals surface area (Å²) in [6.45, 7) is 2.17. The molecular weight excluding hydrogens is 345 g/mol. The maximum atomic E-state index is 14.2. The molecule has 27 heavy (non-hydrogen) atoms. The van der Waals surface area contributed by atoms with Gasteiger partial charge in [0.05, 0.1) is 29.9 Å². The van der Waals surface area contributed by atoms with Crippen molar-refractivity contribution in [1.29, 1.82) is 0 Å². The maximum absolute atomic E-state index is 14.2. The van der Waals surface area contributed by atoms with Crippen LogP contribution in [0.5, 0.6) is 0 Å². The van der Waals surface area contributed by atoms with Crippen molar-refractivity contribution >= 4 is 16.9 Å². The minimum atomic E-state index is -0.387. The Morgan fingerprint density at radius 3 is 2.70 bits per heavy atom. The molecule has 2 heterocycles. The Morgan fingerprint density at radius 1 is 1.15 bits per heavy atom. The fraction of sp³-hybridized carbons (Fsp3) is 0.143. The van der Waals surface area contributed by atoms with Crippen LogP contribution in [0, 0.1) is 5.82 Å². The number of rotatable bonds is 5. The highest BCUT2D eigenvalue weighted by molar-refractivity contribution is 5.91. The molecule has 2 aromatic carbocycles. The third-order valence-electron chi connectivity index (χ3n) is 4.45. The SMILES string of the molecule is C[C@@H](NC(=O)c1ccco1)c1nc2ccccc2n1Cc1ccccc1F. The number of carbonyl (C=O) groups excluding carboxylic acids is 1. The zero-order valence-electron chi connectivity index (χ0n) is 14.7. The zero-order chi connectivity index (χ0) is 18.8. The molecule has 1 amide bonds. The Balaban J connectivity index is 1.71. The van der Waals surface area contributed by atoms with Gasteiger partial charge in [-0.3, -0.25) is 4.79 Å². The summed E-state index contributed by atoms with van der Waals surface area (Å²) < 4.78 is 21.3. The van der Waals surface area contributed by atoms with E-state index in [0.29, 0.717) is 17.9 Å². The summed E-state index contributed by atoms with van der Waals surface area (Å²) in [5.41, 5.74) is 2.24. The summed E-state index contributed by atoms with van der Waals surface area (Å²) in [4.78, 5) is 17.0. The largest absolute Gasteiger partial charge is 0.459 e. The van der Waals surface area contributed by atoms with Gasteiger partial charge >= 0.3 is 0 Å². The Morgan fingerprint density at radius 2 is 1.93 bits per heavy atom. The van der Waals surface area contributed by atoms with Crippen molar-refractivity contribution in [2.75, 3.05) is 0 Å². The highest BCUT2D eigenvalue weighted by atomic mass is 19.1. The lowest BCUT2D eigenvalue weighted by atomic mass is 10.2. The van der Waals surface area contributed by atoms with Gasteiger partial charge in [0.15, 0.2) is 5.76 Å². The van der Waals surface area contributed by atoms with Crippen LogP contribution in [0.3, 0.4) is 0 Å². The number of nitrogens with zero attached hydrogens (tertiary/aromatic N) is 2. The second-order valence-electron chi connectivity index (χ2n) is 6.31. The third kappa shape index (κ3) is 3.33. The van der Waals surface area contributed by atoms with Gasteiger partial charge in [0.2, 0.25) is 0 Å². The van der Waals surface area contributed by atoms with Crippen LogP contribution >= 0.6 is 0 Å². The molecule has 4 aromatic rings. The molecule has 0 fully saturated rings. The standard InChI is InChI=1S/C21H18FN3O2/c1-14(23-21(26)19-11-6-12-27-19)20-24-17-9-4-5-10-18(17)25(20)13-15-7-2-3-8-16(15)22/h2-12,14H,13H2,1H3,(H,23,26)/t14-/m1/s1. The molecule has 1 N–H and O–H groups in total. The molecule has 1 atom stereocenters. The van der Waals surface area contributed by atoms with Crippen LogP contribution in [-0.4, -0.2) is 15.5 Å². The first kappa shape index (κ1) is 17.0. The fourth-order valence-electron chi connectivity index (χ4n) is 3.13. The lowest BCUT2D eigenvalue weighted by Crippen LogP contribution is -2.28. The summed E-state index contributed by atoms with van der Waals surface area (Å²) in [5.74, 6) is 0.295. The second-order valence-corrected chi connectivity index (χ2v) is 6.31. The molecule has 0 spiro atoms. The number of hydrogen-bond acceptors (Lipinski definition) is 3. The second kappa shape index (κ2) is 7.07. The maximum Gasteiger partial charge on any atom is 0.287 e. The van der Waals surface area contributed by atoms with E-state index in [2.05, 4.69) is 10.3 Å². The number of hydrogen-bond donors (Lipinski definition) is 1. The van der Waals surface area contributed by atoms with E-state index >= 15 is 0 Å². The normalized spacial score (nSPS) is 12.2. The molecule has 0 aliphatic rings. The lowest BCUT2D eigenvalue weighted by Gasteiger charge is -2.16. The number of fused-ring (bicyclic) bond motifs is 1. The van der Waals surface area contributed by atoms with Gasteiger partial charge in [-0.2, -0.15) is 0 Å². The summed E-state index contributed by atoms with van der Waals surface area (Å²) in [7, 11) is 0. The van der Waals surface area contributed by atoms with Gasteiger partial charge in [0.1, 0.15) is 11.6 Å². The van der Waals surface area contributed by atoms with Crippen molar-refractivity contribution in [3.8, 4) is 0 Å². The van der Waals surface area contributed by atoms with E-state index in [1.54, 1.807) is 30.3 Å². The van der Waals surface area contributed by atoms with Crippen LogP contribution in [0.2, 0.25) is 0 Å². The third-order valence-corrected chi connectivity index (χ3v) is 4.45. The molecule has 6 heteroatoms. The quantitative estimate of drug-likeness (QED) is 0.575. The van der Waals surface area contributed by atoms with Crippen molar-refractivity contribution in [3.05, 3.63) is 89.9 Å². The van der Waals surface area contributed by atoms with Crippen LogP contribution < -0.4 is 5.32 Å². The molecule has 5 nitrogen and oxygen atoms in total. The summed E-state index contributed by atoms with van der Waals surface area (Å²) in [6, 6.07) is 17.2. The smallest absolute Gasteiger partial charge is 0.287 e. The number of benzene rings is 2. The number of halogens is 1. The van der Waals surface area contributed by atoms with Gasteiger partial charge in [0.25, 0.3) is 5.91 Å². The average molecular weight is 363 g/mol. The van der Waals surface area contributed by atoms with Gasteiger partial charge < -0.3 is 14.3 Å². The van der Waals surface area contributed by atoms with Gasteiger partial charge in [-0.05, 0) is 37.3 Å². The van der Waals surface area contributed by atoms with Crippen molar-refractivity contribution in [1.82, 2.24) is 14.9 Å². The van der Waals surface area contributed by atoms with Gasteiger partial charge in [-0.15, -0.1) is 0 Å². The number of carbonyl (C=O) groups is 1. The van der Waals surface area contributed by atoms with E-state index in [-0.39, 0.29) is 23.5 Å². The minimum absolute atomic E-state index is 0.235. The van der Waals surface area contributed by atoms with Crippen molar-refractivity contribution < 1.29 is 13.6 Å². The van der Waals surface area contributed by atoms with E-state index in [1.165, 1.54) is 12.3 Å². The monoisotopic (exact) mass is 363 g/mol. The summed E-state index contributed by atoms with van der Waals surface area (Å²) in [6.07, 6.45) is 1.45. The summed E-state index contributed by atoms with van der Waals surface area (Å²) in [5, 5.41) is 2.89. The predicted molar refractivity (Wildman–Crippen MR) is 99.8 cm³/mol. The summed E-state index contributed by atoms with van der Waals surface area (Å²) >= 11 is 0. The number of furan rings is 1. The number of nitrogens with one attached hydrogen (secondary N) is 1. The Bertz CT molecular complexity index is 1090. The first-order valence-electron chi connectivity index (χ1n) is 8.66. The van der Waals surface area contributed by atoms with E-state index in [0.717, 1.165) is 11.0 Å². The molecular formula is C21H18FN3O2. The molecule has 0 unspecified atom stereocenters. The van der Waals surface area contributed by atoms with Crippen LogP contribution in [0.25, 0.3) is 11.0 Å². The molecule has 2 aromatic heterocycles. The number of para-hydroxylation sites is 2. The minimum Gasteiger partial charge on any atom is -0.459 e. The molecule has 136 valence electrons. The number of aromatic nitrogens is 2. The van der Waals surface area contributed by atoms with Gasteiger partial charge in [-0.25, -0.2) is 9.37 Å². The van der Waals surface area contributed by atoms with Crippen LogP contribution in [0.15, 0.2) is 71.3 Å². The Hall–Kier alpha value is -3.41. The van der Waals surface area contributed by atoms with Crippen molar-refractivity contribution in [2.45, 2.75) is 19.5 Å². The van der Waals surface area contributed by atoms with E-state index in [9.17, 15) is 9.18 Å². The molecule has 4 rings (SSSR count). The van der Waals surface area contributed by atoms with Crippen LogP contribution in [0.1, 0.15) is 34.9 Å². The highest BCUT2D eigenvalue weighted by Gasteiger charge is 2.20. The van der Waals surface area contributed by atoms with Crippen molar-refractivity contribution in [3.63, 3.8) is 0 Å². The first-order chi connectivity index (χ1) is 13.1. The van der Waals surface area contributed by atoms with E-state index in [1.807, 2.05) is 35.8 Å². The Kier molecular flexibility index (Phi) is 4.46. The van der Waals surface area contributed by atoms with Crippen LogP contribution in [-0.2, 0) is 6.54 Å². The zero-order valence-corrected chi connectivity index (χ0v) is 14.7. The molecule has 0 bridgehead atoms. The topological polar surface area (TPSA) is 60.1 Å².